The number of carbonyl (C=O) groups is 1. The van der Waals surface area contributed by atoms with E-state index in [4.69, 9.17) is 9.84 Å². The van der Waals surface area contributed by atoms with Gasteiger partial charge in [-0.05, 0) is 13.8 Å². The molecule has 0 unspecified atom stereocenters. The van der Waals surface area contributed by atoms with Crippen molar-refractivity contribution in [3.63, 3.8) is 0 Å². The van der Waals surface area contributed by atoms with Crippen molar-refractivity contribution in [3.05, 3.63) is 40.9 Å². The number of aliphatic carboxylic acids is 1. The van der Waals surface area contributed by atoms with Gasteiger partial charge in [0.15, 0.2) is 6.10 Å². The molecule has 0 radical (unpaired) electrons. The van der Waals surface area contributed by atoms with Crippen LogP contribution in [0.1, 0.15) is 18.2 Å². The topological polar surface area (TPSA) is 59.4 Å². The zero-order valence-corrected chi connectivity index (χ0v) is 11.6. The Balaban J connectivity index is 2.03. The minimum atomic E-state index is -0.964. The second-order valence-electron chi connectivity index (χ2n) is 4.30. The largest absolute Gasteiger partial charge is 0.479 e. The van der Waals surface area contributed by atoms with E-state index < -0.39 is 12.1 Å². The van der Waals surface area contributed by atoms with Crippen molar-refractivity contribution < 1.29 is 14.6 Å². The summed E-state index contributed by atoms with van der Waals surface area (Å²) in [6.45, 7) is 3.77. The Bertz CT molecular complexity index is 562. The van der Waals surface area contributed by atoms with Crippen LogP contribution in [-0.4, -0.2) is 22.2 Å². The van der Waals surface area contributed by atoms with Crippen molar-refractivity contribution >= 4 is 17.3 Å². The van der Waals surface area contributed by atoms with Gasteiger partial charge >= 0.3 is 5.97 Å². The van der Waals surface area contributed by atoms with E-state index in [-0.39, 0.29) is 6.61 Å². The quantitative estimate of drug-likeness (QED) is 0.912. The molecule has 100 valence electrons. The standard InChI is InChI=1S/C14H15NO3S/c1-9-3-5-11(6-4-9)13-15-12(8-19-13)7-18-10(2)14(16)17/h3-6,8,10H,7H2,1-2H3,(H,16,17)/t10-/m0/s1. The molecule has 0 saturated carbocycles. The van der Waals surface area contributed by atoms with Crippen molar-refractivity contribution in [2.45, 2.75) is 26.6 Å². The molecule has 0 aliphatic rings. The molecular formula is C14H15NO3S. The summed E-state index contributed by atoms with van der Waals surface area (Å²) in [5, 5.41) is 11.5. The van der Waals surface area contributed by atoms with E-state index in [0.717, 1.165) is 16.3 Å². The van der Waals surface area contributed by atoms with E-state index >= 15 is 0 Å². The van der Waals surface area contributed by atoms with E-state index in [1.54, 1.807) is 0 Å². The molecule has 2 rings (SSSR count). The van der Waals surface area contributed by atoms with E-state index in [2.05, 4.69) is 4.98 Å². The predicted molar refractivity (Wildman–Crippen MR) is 74.2 cm³/mol. The molecule has 1 N–H and O–H groups in total. The molecule has 1 aromatic carbocycles. The van der Waals surface area contributed by atoms with Crippen LogP contribution < -0.4 is 0 Å². The second-order valence-corrected chi connectivity index (χ2v) is 5.16. The van der Waals surface area contributed by atoms with Crippen LogP contribution in [0.2, 0.25) is 0 Å². The fourth-order valence-corrected chi connectivity index (χ4v) is 2.29. The number of aromatic nitrogens is 1. The first-order valence-corrected chi connectivity index (χ1v) is 6.80. The van der Waals surface area contributed by atoms with Crippen LogP contribution in [0.3, 0.4) is 0 Å². The number of benzene rings is 1. The van der Waals surface area contributed by atoms with Crippen molar-refractivity contribution in [3.8, 4) is 10.6 Å². The van der Waals surface area contributed by atoms with Gasteiger partial charge in [-0.25, -0.2) is 9.78 Å². The van der Waals surface area contributed by atoms with Crippen LogP contribution in [-0.2, 0) is 16.1 Å². The van der Waals surface area contributed by atoms with Gasteiger partial charge in [0.05, 0.1) is 12.3 Å². The third kappa shape index (κ3) is 3.62. The summed E-state index contributed by atoms with van der Waals surface area (Å²) in [6.07, 6.45) is -0.815. The van der Waals surface area contributed by atoms with Gasteiger partial charge in [0.2, 0.25) is 0 Å². The smallest absolute Gasteiger partial charge is 0.332 e. The Morgan fingerprint density at radius 1 is 1.42 bits per heavy atom. The van der Waals surface area contributed by atoms with Crippen LogP contribution in [0.25, 0.3) is 10.6 Å². The normalized spacial score (nSPS) is 12.3. The summed E-state index contributed by atoms with van der Waals surface area (Å²) < 4.78 is 5.20. The number of nitrogens with zero attached hydrogens (tertiary/aromatic N) is 1. The lowest BCUT2D eigenvalue weighted by atomic mass is 10.2. The minimum absolute atomic E-state index is 0.218. The van der Waals surface area contributed by atoms with Crippen LogP contribution in [0.4, 0.5) is 0 Å². The van der Waals surface area contributed by atoms with Gasteiger partial charge in [0.25, 0.3) is 0 Å². The van der Waals surface area contributed by atoms with Gasteiger partial charge in [-0.3, -0.25) is 0 Å². The highest BCUT2D eigenvalue weighted by Gasteiger charge is 2.12. The molecule has 0 amide bonds. The number of aryl methyl sites for hydroxylation is 1. The molecule has 0 bridgehead atoms. The zero-order valence-electron chi connectivity index (χ0n) is 10.8. The summed E-state index contributed by atoms with van der Waals surface area (Å²) in [4.78, 5) is 15.1. The molecule has 1 aromatic heterocycles. The number of thiazole rings is 1. The number of hydrogen-bond donors (Lipinski definition) is 1. The molecule has 4 nitrogen and oxygen atoms in total. The Kier molecular flexibility index (Phi) is 4.29. The third-order valence-corrected chi connectivity index (χ3v) is 3.62. The lowest BCUT2D eigenvalue weighted by Crippen LogP contribution is -2.19. The van der Waals surface area contributed by atoms with E-state index in [1.807, 2.05) is 36.6 Å². The maximum atomic E-state index is 10.6. The zero-order chi connectivity index (χ0) is 13.8. The van der Waals surface area contributed by atoms with E-state index in [9.17, 15) is 4.79 Å². The van der Waals surface area contributed by atoms with Crippen molar-refractivity contribution in [1.82, 2.24) is 4.98 Å². The molecule has 1 atom stereocenters. The van der Waals surface area contributed by atoms with Gasteiger partial charge in [-0.15, -0.1) is 11.3 Å². The Hall–Kier alpha value is -1.72. The van der Waals surface area contributed by atoms with Crippen molar-refractivity contribution in [1.29, 1.82) is 0 Å². The van der Waals surface area contributed by atoms with Gasteiger partial charge in [0.1, 0.15) is 5.01 Å². The first-order valence-electron chi connectivity index (χ1n) is 5.92. The Labute approximate surface area is 115 Å². The van der Waals surface area contributed by atoms with Gasteiger partial charge < -0.3 is 9.84 Å². The van der Waals surface area contributed by atoms with Gasteiger partial charge in [-0.2, -0.15) is 0 Å². The van der Waals surface area contributed by atoms with Crippen molar-refractivity contribution in [2.75, 3.05) is 0 Å². The molecule has 1 heterocycles. The van der Waals surface area contributed by atoms with Crippen LogP contribution in [0, 0.1) is 6.92 Å². The third-order valence-electron chi connectivity index (χ3n) is 2.68. The Morgan fingerprint density at radius 3 is 2.74 bits per heavy atom. The number of ether oxygens (including phenoxy) is 1. The molecule has 2 aromatic rings. The minimum Gasteiger partial charge on any atom is -0.479 e. The summed E-state index contributed by atoms with van der Waals surface area (Å²) in [5.41, 5.74) is 3.03. The summed E-state index contributed by atoms with van der Waals surface area (Å²) in [7, 11) is 0. The lowest BCUT2D eigenvalue weighted by molar-refractivity contribution is -0.149. The number of rotatable bonds is 5. The van der Waals surface area contributed by atoms with Crippen LogP contribution in [0.15, 0.2) is 29.6 Å². The molecule has 0 aliphatic heterocycles. The predicted octanol–water partition coefficient (Wildman–Crippen LogP) is 3.11. The maximum Gasteiger partial charge on any atom is 0.332 e. The highest BCUT2D eigenvalue weighted by molar-refractivity contribution is 7.13. The second kappa shape index (κ2) is 5.95. The molecule has 0 fully saturated rings. The first kappa shape index (κ1) is 13.7. The van der Waals surface area contributed by atoms with Gasteiger partial charge in [-0.1, -0.05) is 29.8 Å². The molecule has 19 heavy (non-hydrogen) atoms. The molecule has 5 heteroatoms. The SMILES string of the molecule is Cc1ccc(-c2nc(CO[C@@H](C)C(=O)O)cs2)cc1. The summed E-state index contributed by atoms with van der Waals surface area (Å²) >= 11 is 1.53. The number of hydrogen-bond acceptors (Lipinski definition) is 4. The van der Waals surface area contributed by atoms with Crippen molar-refractivity contribution in [2.24, 2.45) is 0 Å². The molecule has 0 saturated heterocycles. The fourth-order valence-electron chi connectivity index (χ4n) is 1.48. The van der Waals surface area contributed by atoms with Gasteiger partial charge in [0, 0.05) is 10.9 Å². The molecule has 0 aliphatic carbocycles. The Morgan fingerprint density at radius 2 is 2.11 bits per heavy atom. The average Bonchev–Trinajstić information content (AvgIpc) is 2.85. The number of carboxylic acid groups (broad SMARTS) is 1. The summed E-state index contributed by atoms with van der Waals surface area (Å²) in [5.74, 6) is -0.964. The summed E-state index contributed by atoms with van der Waals surface area (Å²) in [6, 6.07) is 8.14. The van der Waals surface area contributed by atoms with Crippen LogP contribution >= 0.6 is 11.3 Å². The highest BCUT2D eigenvalue weighted by atomic mass is 32.1. The monoisotopic (exact) mass is 277 g/mol. The van der Waals surface area contributed by atoms with E-state index in [0.29, 0.717) is 0 Å². The molecular weight excluding hydrogens is 262 g/mol. The lowest BCUT2D eigenvalue weighted by Gasteiger charge is -2.05. The average molecular weight is 277 g/mol. The van der Waals surface area contributed by atoms with E-state index in [1.165, 1.54) is 23.8 Å². The maximum absolute atomic E-state index is 10.6. The fraction of sp³-hybridized carbons (Fsp3) is 0.286. The molecule has 0 spiro atoms. The number of carboxylic acids is 1. The van der Waals surface area contributed by atoms with Crippen LogP contribution in [0.5, 0.6) is 0 Å². The first-order chi connectivity index (χ1) is 9.06. The highest BCUT2D eigenvalue weighted by Crippen LogP contribution is 2.24.